The molecule has 2 unspecified atom stereocenters. The lowest BCUT2D eigenvalue weighted by Gasteiger charge is -2.17. The zero-order chi connectivity index (χ0) is 12.0. The van der Waals surface area contributed by atoms with Crippen molar-refractivity contribution >= 4 is 5.78 Å². The largest absolute Gasteiger partial charge is 0.378 e. The summed E-state index contributed by atoms with van der Waals surface area (Å²) in [4.78, 5) is 11.9. The van der Waals surface area contributed by atoms with Gasteiger partial charge in [0.25, 0.3) is 0 Å². The van der Waals surface area contributed by atoms with Gasteiger partial charge in [-0.05, 0) is 31.6 Å². The summed E-state index contributed by atoms with van der Waals surface area (Å²) in [5.41, 5.74) is 5.62. The zero-order valence-electron chi connectivity index (χ0n) is 10.6. The van der Waals surface area contributed by atoms with Crippen molar-refractivity contribution in [1.82, 2.24) is 0 Å². The number of rotatable bonds is 7. The number of Topliss-reactive ketones (excluding diaryl/α,β-unsaturated/α-hetero) is 1. The standard InChI is InChI=1S/C13H25NO2/c1-10(2)12(9-14)13(15)7-3-5-11-6-4-8-16-11/h10-12H,3-9,14H2,1-2H3. The molecule has 0 amide bonds. The van der Waals surface area contributed by atoms with Gasteiger partial charge in [-0.1, -0.05) is 13.8 Å². The average Bonchev–Trinajstić information content (AvgIpc) is 2.71. The molecule has 1 rings (SSSR count). The Bertz CT molecular complexity index is 210. The van der Waals surface area contributed by atoms with E-state index in [0.717, 1.165) is 19.4 Å². The van der Waals surface area contributed by atoms with Crippen LogP contribution in [0.4, 0.5) is 0 Å². The molecule has 0 radical (unpaired) electrons. The van der Waals surface area contributed by atoms with Crippen LogP contribution in [0.5, 0.6) is 0 Å². The van der Waals surface area contributed by atoms with E-state index in [1.165, 1.54) is 12.8 Å². The topological polar surface area (TPSA) is 52.3 Å². The summed E-state index contributed by atoms with van der Waals surface area (Å²) in [6.07, 6.45) is 5.39. The van der Waals surface area contributed by atoms with Crippen LogP contribution in [0.25, 0.3) is 0 Å². The summed E-state index contributed by atoms with van der Waals surface area (Å²) in [7, 11) is 0. The lowest BCUT2D eigenvalue weighted by molar-refractivity contribution is -0.124. The fourth-order valence-electron chi connectivity index (χ4n) is 2.34. The second-order valence-electron chi connectivity index (χ2n) is 5.08. The third-order valence-corrected chi connectivity index (χ3v) is 3.45. The minimum absolute atomic E-state index is 0.0458. The normalized spacial score (nSPS) is 22.6. The molecule has 2 N–H and O–H groups in total. The highest BCUT2D eigenvalue weighted by atomic mass is 16.5. The van der Waals surface area contributed by atoms with Gasteiger partial charge in [0.2, 0.25) is 0 Å². The van der Waals surface area contributed by atoms with E-state index in [1.807, 2.05) is 0 Å². The molecule has 94 valence electrons. The molecule has 1 aliphatic heterocycles. The Labute approximate surface area is 98.7 Å². The summed E-state index contributed by atoms with van der Waals surface area (Å²) >= 11 is 0. The first-order valence-electron chi connectivity index (χ1n) is 6.49. The molecule has 0 aromatic carbocycles. The summed E-state index contributed by atoms with van der Waals surface area (Å²) in [6.45, 7) is 5.51. The maximum absolute atomic E-state index is 11.9. The van der Waals surface area contributed by atoms with Crippen LogP contribution in [-0.4, -0.2) is 25.0 Å². The summed E-state index contributed by atoms with van der Waals surface area (Å²) in [6, 6.07) is 0. The summed E-state index contributed by atoms with van der Waals surface area (Å²) in [5, 5.41) is 0. The summed E-state index contributed by atoms with van der Waals surface area (Å²) < 4.78 is 5.53. The predicted octanol–water partition coefficient (Wildman–Crippen LogP) is 2.14. The molecule has 1 heterocycles. The second kappa shape index (κ2) is 7.02. The van der Waals surface area contributed by atoms with Crippen LogP contribution in [-0.2, 0) is 9.53 Å². The number of nitrogens with two attached hydrogens (primary N) is 1. The van der Waals surface area contributed by atoms with Gasteiger partial charge in [-0.15, -0.1) is 0 Å². The van der Waals surface area contributed by atoms with E-state index < -0.39 is 0 Å². The van der Waals surface area contributed by atoms with Crippen molar-refractivity contribution in [2.75, 3.05) is 13.2 Å². The van der Waals surface area contributed by atoms with Crippen molar-refractivity contribution in [3.8, 4) is 0 Å². The molecule has 1 saturated heterocycles. The van der Waals surface area contributed by atoms with E-state index in [9.17, 15) is 4.79 Å². The van der Waals surface area contributed by atoms with Gasteiger partial charge in [0.15, 0.2) is 0 Å². The molecular formula is C13H25NO2. The summed E-state index contributed by atoms with van der Waals surface area (Å²) in [5.74, 6) is 0.736. The minimum Gasteiger partial charge on any atom is -0.378 e. The van der Waals surface area contributed by atoms with Crippen LogP contribution in [0.3, 0.4) is 0 Å². The Morgan fingerprint density at radius 3 is 2.75 bits per heavy atom. The number of carbonyl (C=O) groups excluding carboxylic acids is 1. The molecule has 3 nitrogen and oxygen atoms in total. The van der Waals surface area contributed by atoms with Gasteiger partial charge in [-0.2, -0.15) is 0 Å². The molecule has 2 atom stereocenters. The lowest BCUT2D eigenvalue weighted by Crippen LogP contribution is -2.28. The maximum atomic E-state index is 11.9. The number of hydrogen-bond donors (Lipinski definition) is 1. The highest BCUT2D eigenvalue weighted by molar-refractivity contribution is 5.81. The molecule has 0 aromatic heterocycles. The van der Waals surface area contributed by atoms with Crippen LogP contribution in [0, 0.1) is 11.8 Å². The Kier molecular flexibility index (Phi) is 5.99. The van der Waals surface area contributed by atoms with Gasteiger partial charge < -0.3 is 10.5 Å². The van der Waals surface area contributed by atoms with Crippen molar-refractivity contribution in [2.24, 2.45) is 17.6 Å². The molecule has 1 fully saturated rings. The highest BCUT2D eigenvalue weighted by Crippen LogP contribution is 2.19. The van der Waals surface area contributed by atoms with Crippen LogP contribution in [0.15, 0.2) is 0 Å². The molecule has 1 aliphatic rings. The van der Waals surface area contributed by atoms with E-state index in [4.69, 9.17) is 10.5 Å². The number of ether oxygens (including phenoxy) is 1. The number of ketones is 1. The first-order valence-corrected chi connectivity index (χ1v) is 6.49. The monoisotopic (exact) mass is 227 g/mol. The molecule has 0 aliphatic carbocycles. The van der Waals surface area contributed by atoms with Crippen molar-refractivity contribution in [2.45, 2.75) is 52.1 Å². The van der Waals surface area contributed by atoms with Gasteiger partial charge in [-0.3, -0.25) is 4.79 Å². The smallest absolute Gasteiger partial charge is 0.137 e. The maximum Gasteiger partial charge on any atom is 0.137 e. The first-order chi connectivity index (χ1) is 7.65. The molecule has 0 saturated carbocycles. The Morgan fingerprint density at radius 1 is 1.50 bits per heavy atom. The van der Waals surface area contributed by atoms with Crippen molar-refractivity contribution in [3.63, 3.8) is 0 Å². The van der Waals surface area contributed by atoms with E-state index in [0.29, 0.717) is 30.8 Å². The van der Waals surface area contributed by atoms with Crippen molar-refractivity contribution in [3.05, 3.63) is 0 Å². The first kappa shape index (κ1) is 13.7. The van der Waals surface area contributed by atoms with E-state index >= 15 is 0 Å². The van der Waals surface area contributed by atoms with Gasteiger partial charge in [-0.25, -0.2) is 0 Å². The second-order valence-corrected chi connectivity index (χ2v) is 5.08. The average molecular weight is 227 g/mol. The SMILES string of the molecule is CC(C)C(CN)C(=O)CCCC1CCCO1. The predicted molar refractivity (Wildman–Crippen MR) is 65.2 cm³/mol. The fourth-order valence-corrected chi connectivity index (χ4v) is 2.34. The van der Waals surface area contributed by atoms with Gasteiger partial charge in [0.1, 0.15) is 5.78 Å². The van der Waals surface area contributed by atoms with Gasteiger partial charge in [0.05, 0.1) is 6.10 Å². The van der Waals surface area contributed by atoms with Crippen LogP contribution < -0.4 is 5.73 Å². The fraction of sp³-hybridized carbons (Fsp3) is 0.923. The number of hydrogen-bond acceptors (Lipinski definition) is 3. The Balaban J connectivity index is 2.17. The zero-order valence-corrected chi connectivity index (χ0v) is 10.6. The third kappa shape index (κ3) is 4.22. The molecule has 0 bridgehead atoms. The minimum atomic E-state index is 0.0458. The van der Waals surface area contributed by atoms with Crippen molar-refractivity contribution in [1.29, 1.82) is 0 Å². The van der Waals surface area contributed by atoms with Crippen LogP contribution in [0.1, 0.15) is 46.0 Å². The van der Waals surface area contributed by atoms with Crippen LogP contribution >= 0.6 is 0 Å². The van der Waals surface area contributed by atoms with Crippen LogP contribution in [0.2, 0.25) is 0 Å². The molecule has 16 heavy (non-hydrogen) atoms. The Hall–Kier alpha value is -0.410. The van der Waals surface area contributed by atoms with Gasteiger partial charge >= 0.3 is 0 Å². The van der Waals surface area contributed by atoms with Gasteiger partial charge in [0, 0.05) is 25.5 Å². The van der Waals surface area contributed by atoms with E-state index in [-0.39, 0.29) is 5.92 Å². The highest BCUT2D eigenvalue weighted by Gasteiger charge is 2.21. The molecule has 0 spiro atoms. The van der Waals surface area contributed by atoms with E-state index in [2.05, 4.69) is 13.8 Å². The third-order valence-electron chi connectivity index (χ3n) is 3.45. The molecule has 0 aromatic rings. The Morgan fingerprint density at radius 2 is 2.25 bits per heavy atom. The quantitative estimate of drug-likeness (QED) is 0.725. The number of carbonyl (C=O) groups is 1. The van der Waals surface area contributed by atoms with E-state index in [1.54, 1.807) is 0 Å². The lowest BCUT2D eigenvalue weighted by atomic mass is 9.89. The van der Waals surface area contributed by atoms with Crippen molar-refractivity contribution < 1.29 is 9.53 Å². The molecular weight excluding hydrogens is 202 g/mol. The molecule has 3 heteroatoms.